The number of thioether (sulfide) groups is 1. The summed E-state index contributed by atoms with van der Waals surface area (Å²) in [6.07, 6.45) is -2.10. The molecule has 5 atom stereocenters. The van der Waals surface area contributed by atoms with Crippen molar-refractivity contribution in [2.24, 2.45) is 4.99 Å². The van der Waals surface area contributed by atoms with Gasteiger partial charge in [-0.15, -0.1) is 0 Å². The van der Waals surface area contributed by atoms with Gasteiger partial charge in [0.2, 0.25) is 0 Å². The number of methoxy groups -OCH3 is 1. The Hall–Kier alpha value is -0.830. The molecule has 7 nitrogen and oxygen atoms in total. The molecule has 0 unspecified atom stereocenters. The number of esters is 1. The summed E-state index contributed by atoms with van der Waals surface area (Å²) in [6.45, 7) is 0. The van der Waals surface area contributed by atoms with Crippen molar-refractivity contribution in [1.29, 1.82) is 0 Å². The van der Waals surface area contributed by atoms with Gasteiger partial charge in [0.15, 0.2) is 5.17 Å². The Labute approximate surface area is 115 Å². The number of nitrogens with one attached hydrogen (secondary N) is 1. The minimum absolute atomic E-state index is 0.148. The third kappa shape index (κ3) is 3.02. The van der Waals surface area contributed by atoms with Crippen molar-refractivity contribution in [2.45, 2.75) is 42.6 Å². The zero-order chi connectivity index (χ0) is 14.0. The van der Waals surface area contributed by atoms with Gasteiger partial charge in [-0.3, -0.25) is 9.79 Å². The maximum atomic E-state index is 11.1. The lowest BCUT2D eigenvalue weighted by Gasteiger charge is -2.38. The smallest absolute Gasteiger partial charge is 0.305 e. The van der Waals surface area contributed by atoms with Gasteiger partial charge in [0.05, 0.1) is 19.3 Å². The molecule has 2 aliphatic heterocycles. The topological polar surface area (TPSA) is 100 Å². The number of carbonyl (C=O) groups excluding carboxylic acids is 1. The summed E-state index contributed by atoms with van der Waals surface area (Å²) in [5.41, 5.74) is -0.306. The van der Waals surface area contributed by atoms with E-state index in [0.717, 1.165) is 0 Å². The average molecular weight is 290 g/mol. The summed E-state index contributed by atoms with van der Waals surface area (Å²) in [4.78, 5) is 15.1. The standard InChI is InChI=1S/C11H18N2O5S/c1-12-11-13-7-9(16)8(15)5(18-10(7)19-11)3-4-6(14)17-2/h5,7-10,15-16H,3-4H2,1-2H3,(H,12,13)/t5-,7-,8-,9-,10-/m1/s1. The molecule has 0 aromatic rings. The number of fused-ring (bicyclic) bond motifs is 1. The predicted octanol–water partition coefficient (Wildman–Crippen LogP) is -0.923. The highest BCUT2D eigenvalue weighted by molar-refractivity contribution is 8.14. The van der Waals surface area contributed by atoms with Crippen LogP contribution in [0.25, 0.3) is 0 Å². The van der Waals surface area contributed by atoms with Gasteiger partial charge >= 0.3 is 5.97 Å². The van der Waals surface area contributed by atoms with Crippen molar-refractivity contribution >= 4 is 22.9 Å². The van der Waals surface area contributed by atoms with Gasteiger partial charge in [0.1, 0.15) is 17.6 Å². The molecule has 0 aromatic heterocycles. The molecule has 0 amide bonds. The lowest BCUT2D eigenvalue weighted by atomic mass is 9.95. The van der Waals surface area contributed by atoms with Crippen LogP contribution in [0.3, 0.4) is 0 Å². The summed E-state index contributed by atoms with van der Waals surface area (Å²) >= 11 is 1.37. The van der Waals surface area contributed by atoms with Gasteiger partial charge in [0, 0.05) is 13.5 Å². The molecule has 0 spiro atoms. The van der Waals surface area contributed by atoms with Gasteiger partial charge in [0.25, 0.3) is 0 Å². The number of aliphatic hydroxyl groups is 2. The molecule has 3 N–H and O–H groups in total. The lowest BCUT2D eigenvalue weighted by Crippen LogP contribution is -2.58. The molecule has 2 fully saturated rings. The van der Waals surface area contributed by atoms with Crippen molar-refractivity contribution in [3.63, 3.8) is 0 Å². The number of aliphatic hydroxyl groups excluding tert-OH is 2. The number of aliphatic imine (C=N–C) groups is 1. The van der Waals surface area contributed by atoms with E-state index in [1.54, 1.807) is 7.05 Å². The molecule has 2 rings (SSSR count). The second-order valence-corrected chi connectivity index (χ2v) is 5.54. The molecule has 8 heteroatoms. The highest BCUT2D eigenvalue weighted by Gasteiger charge is 2.48. The van der Waals surface area contributed by atoms with Crippen LogP contribution in [0.15, 0.2) is 4.99 Å². The van der Waals surface area contributed by atoms with Gasteiger partial charge in [-0.1, -0.05) is 11.8 Å². The molecule has 0 radical (unpaired) electrons. The summed E-state index contributed by atoms with van der Waals surface area (Å²) in [5.74, 6) is -0.361. The first-order valence-electron chi connectivity index (χ1n) is 6.05. The maximum absolute atomic E-state index is 11.1. The van der Waals surface area contributed by atoms with Gasteiger partial charge < -0.3 is 25.0 Å². The molecule has 19 heavy (non-hydrogen) atoms. The molecular formula is C11H18N2O5S. The first kappa shape index (κ1) is 14.6. The number of amidine groups is 1. The third-order valence-corrected chi connectivity index (χ3v) is 4.44. The fourth-order valence-electron chi connectivity index (χ4n) is 2.19. The molecule has 0 aliphatic carbocycles. The lowest BCUT2D eigenvalue weighted by molar-refractivity contribution is -0.162. The van der Waals surface area contributed by atoms with Crippen LogP contribution in [-0.4, -0.2) is 65.3 Å². The van der Waals surface area contributed by atoms with Crippen LogP contribution in [0.1, 0.15) is 12.8 Å². The minimum atomic E-state index is -1.03. The quantitative estimate of drug-likeness (QED) is 0.578. The fraction of sp³-hybridized carbons (Fsp3) is 0.818. The Morgan fingerprint density at radius 3 is 2.89 bits per heavy atom. The van der Waals surface area contributed by atoms with Crippen LogP contribution in [0.4, 0.5) is 0 Å². The number of hydrogen-bond donors (Lipinski definition) is 3. The molecule has 2 saturated heterocycles. The fourth-order valence-corrected chi connectivity index (χ4v) is 3.29. The van der Waals surface area contributed by atoms with E-state index in [1.165, 1.54) is 18.9 Å². The summed E-state index contributed by atoms with van der Waals surface area (Å²) in [6, 6.07) is -0.381. The maximum Gasteiger partial charge on any atom is 0.305 e. The SMILES string of the molecule is CN=C1N[C@@H]2[C@@H](O)[C@H](O)[C@@H](CCC(=O)OC)O[C@@H]2S1. The van der Waals surface area contributed by atoms with E-state index in [0.29, 0.717) is 11.6 Å². The van der Waals surface area contributed by atoms with Gasteiger partial charge in [-0.25, -0.2) is 0 Å². The van der Waals surface area contributed by atoms with Crippen LogP contribution < -0.4 is 5.32 Å². The number of nitrogens with zero attached hydrogens (tertiary/aromatic N) is 1. The Morgan fingerprint density at radius 1 is 1.53 bits per heavy atom. The van der Waals surface area contributed by atoms with E-state index in [-0.39, 0.29) is 23.9 Å². The molecule has 0 saturated carbocycles. The monoisotopic (exact) mass is 290 g/mol. The van der Waals surface area contributed by atoms with Crippen molar-refractivity contribution < 1.29 is 24.5 Å². The highest BCUT2D eigenvalue weighted by Crippen LogP contribution is 2.34. The second-order valence-electron chi connectivity index (χ2n) is 4.46. The summed E-state index contributed by atoms with van der Waals surface area (Å²) in [5, 5.41) is 23.8. The van der Waals surface area contributed by atoms with Crippen LogP contribution in [0, 0.1) is 0 Å². The molecular weight excluding hydrogens is 272 g/mol. The van der Waals surface area contributed by atoms with Crippen LogP contribution in [-0.2, 0) is 14.3 Å². The molecule has 2 aliphatic rings. The third-order valence-electron chi connectivity index (χ3n) is 3.28. The van der Waals surface area contributed by atoms with E-state index in [4.69, 9.17) is 4.74 Å². The number of rotatable bonds is 3. The number of ether oxygens (including phenoxy) is 2. The Bertz CT molecular complexity index is 378. The number of carbonyl (C=O) groups is 1. The normalized spacial score (nSPS) is 39.8. The zero-order valence-electron chi connectivity index (χ0n) is 10.8. The van der Waals surface area contributed by atoms with Crippen LogP contribution in [0.2, 0.25) is 0 Å². The van der Waals surface area contributed by atoms with E-state index in [1.807, 2.05) is 0 Å². The Morgan fingerprint density at radius 2 is 2.26 bits per heavy atom. The van der Waals surface area contributed by atoms with Crippen LogP contribution >= 0.6 is 11.8 Å². The van der Waals surface area contributed by atoms with E-state index < -0.39 is 18.3 Å². The second kappa shape index (κ2) is 6.08. The molecule has 0 bridgehead atoms. The highest BCUT2D eigenvalue weighted by atomic mass is 32.2. The van der Waals surface area contributed by atoms with E-state index in [9.17, 15) is 15.0 Å². The zero-order valence-corrected chi connectivity index (χ0v) is 11.6. The largest absolute Gasteiger partial charge is 0.469 e. The van der Waals surface area contributed by atoms with E-state index in [2.05, 4.69) is 15.0 Å². The molecule has 2 heterocycles. The van der Waals surface area contributed by atoms with Gasteiger partial charge in [-0.2, -0.15) is 0 Å². The van der Waals surface area contributed by atoms with Crippen LogP contribution in [0.5, 0.6) is 0 Å². The van der Waals surface area contributed by atoms with Crippen molar-refractivity contribution in [3.05, 3.63) is 0 Å². The first-order valence-corrected chi connectivity index (χ1v) is 6.93. The predicted molar refractivity (Wildman–Crippen MR) is 69.8 cm³/mol. The summed E-state index contributed by atoms with van der Waals surface area (Å²) in [7, 11) is 2.95. The van der Waals surface area contributed by atoms with E-state index >= 15 is 0 Å². The van der Waals surface area contributed by atoms with Crippen molar-refractivity contribution in [2.75, 3.05) is 14.2 Å². The van der Waals surface area contributed by atoms with Crippen molar-refractivity contribution in [1.82, 2.24) is 5.32 Å². The van der Waals surface area contributed by atoms with Gasteiger partial charge in [-0.05, 0) is 6.42 Å². The summed E-state index contributed by atoms with van der Waals surface area (Å²) < 4.78 is 10.3. The first-order chi connectivity index (χ1) is 9.06. The Balaban J connectivity index is 1.98. The minimum Gasteiger partial charge on any atom is -0.469 e. The number of hydrogen-bond acceptors (Lipinski definition) is 7. The molecule has 0 aromatic carbocycles. The molecule has 108 valence electrons. The Kier molecular flexibility index (Phi) is 4.67. The average Bonchev–Trinajstić information content (AvgIpc) is 2.84. The van der Waals surface area contributed by atoms with Crippen molar-refractivity contribution in [3.8, 4) is 0 Å².